The fraction of sp³-hybridized carbons (Fsp3) is 0.684. The van der Waals surface area contributed by atoms with E-state index in [4.69, 9.17) is 0 Å². The van der Waals surface area contributed by atoms with Crippen LogP contribution < -0.4 is 5.32 Å². The Morgan fingerprint density at radius 2 is 1.80 bits per heavy atom. The summed E-state index contributed by atoms with van der Waals surface area (Å²) in [6, 6.07) is 9.93. The fourth-order valence-electron chi connectivity index (χ4n) is 3.52. The van der Waals surface area contributed by atoms with Gasteiger partial charge in [0.25, 0.3) is 0 Å². The van der Waals surface area contributed by atoms with Gasteiger partial charge in [0.1, 0.15) is 0 Å². The third kappa shape index (κ3) is 4.34. The van der Waals surface area contributed by atoms with Crippen LogP contribution >= 0.6 is 0 Å². The van der Waals surface area contributed by atoms with Crippen molar-refractivity contribution in [3.05, 3.63) is 35.4 Å². The number of nitrogens with one attached hydrogen (secondary N) is 1. The van der Waals surface area contributed by atoms with Crippen LogP contribution in [0, 0.1) is 11.8 Å². The van der Waals surface area contributed by atoms with Crippen LogP contribution in [-0.4, -0.2) is 12.6 Å². The number of aryl methyl sites for hydroxylation is 1. The van der Waals surface area contributed by atoms with Gasteiger partial charge in [-0.1, -0.05) is 51.5 Å². The summed E-state index contributed by atoms with van der Waals surface area (Å²) in [5, 5.41) is 3.81. The molecule has 0 aromatic heterocycles. The summed E-state index contributed by atoms with van der Waals surface area (Å²) in [5.74, 6) is 1.80. The lowest BCUT2D eigenvalue weighted by atomic mass is 9.91. The van der Waals surface area contributed by atoms with Crippen LogP contribution in [0.1, 0.15) is 57.6 Å². The summed E-state index contributed by atoms with van der Waals surface area (Å²) < 4.78 is 0. The van der Waals surface area contributed by atoms with Crippen molar-refractivity contribution in [3.8, 4) is 0 Å². The molecule has 1 aliphatic carbocycles. The van der Waals surface area contributed by atoms with Crippen molar-refractivity contribution in [2.24, 2.45) is 11.8 Å². The molecule has 0 amide bonds. The molecule has 1 aliphatic rings. The highest BCUT2D eigenvalue weighted by Gasteiger charge is 2.28. The van der Waals surface area contributed by atoms with Gasteiger partial charge in [0, 0.05) is 6.04 Å². The summed E-state index contributed by atoms with van der Waals surface area (Å²) >= 11 is 0. The Kier molecular flexibility index (Phi) is 6.09. The quantitative estimate of drug-likeness (QED) is 0.766. The van der Waals surface area contributed by atoms with E-state index in [1.54, 1.807) is 0 Å². The van der Waals surface area contributed by atoms with Crippen molar-refractivity contribution >= 4 is 0 Å². The maximum absolute atomic E-state index is 3.81. The van der Waals surface area contributed by atoms with Gasteiger partial charge in [0.05, 0.1) is 0 Å². The molecule has 2 rings (SSSR count). The van der Waals surface area contributed by atoms with Crippen molar-refractivity contribution in [2.45, 2.75) is 65.3 Å². The Hall–Kier alpha value is -0.820. The Bertz CT molecular complexity index is 381. The van der Waals surface area contributed by atoms with Gasteiger partial charge in [-0.3, -0.25) is 0 Å². The second-order valence-corrected chi connectivity index (χ2v) is 6.61. The SMILES string of the molecule is CCCNC(Cc1ccc(CC)cc1)C1CCC(C)C1. The maximum Gasteiger partial charge on any atom is 0.0136 e. The predicted molar refractivity (Wildman–Crippen MR) is 88.1 cm³/mol. The minimum absolute atomic E-state index is 0.673. The van der Waals surface area contributed by atoms with E-state index in [0.29, 0.717) is 6.04 Å². The molecule has 1 fully saturated rings. The molecule has 0 saturated heterocycles. The van der Waals surface area contributed by atoms with Crippen molar-refractivity contribution in [3.63, 3.8) is 0 Å². The lowest BCUT2D eigenvalue weighted by Crippen LogP contribution is -2.37. The molecular formula is C19H31N. The van der Waals surface area contributed by atoms with Crippen LogP contribution in [0.5, 0.6) is 0 Å². The lowest BCUT2D eigenvalue weighted by Gasteiger charge is -2.25. The molecule has 0 aliphatic heterocycles. The number of benzene rings is 1. The molecule has 20 heavy (non-hydrogen) atoms. The molecule has 1 heteroatoms. The smallest absolute Gasteiger partial charge is 0.0136 e. The van der Waals surface area contributed by atoms with Crippen LogP contribution in [0.15, 0.2) is 24.3 Å². The molecule has 3 atom stereocenters. The first-order valence-electron chi connectivity index (χ1n) is 8.54. The first-order valence-corrected chi connectivity index (χ1v) is 8.54. The molecule has 1 N–H and O–H groups in total. The summed E-state index contributed by atoms with van der Waals surface area (Å²) in [7, 11) is 0. The summed E-state index contributed by atoms with van der Waals surface area (Å²) in [6.45, 7) is 8.05. The van der Waals surface area contributed by atoms with Gasteiger partial charge in [0.2, 0.25) is 0 Å². The van der Waals surface area contributed by atoms with Crippen LogP contribution in [0.25, 0.3) is 0 Å². The largest absolute Gasteiger partial charge is 0.313 e. The molecule has 0 spiro atoms. The normalized spacial score (nSPS) is 23.9. The zero-order valence-electron chi connectivity index (χ0n) is 13.5. The van der Waals surface area contributed by atoms with E-state index in [1.807, 2.05) is 0 Å². The Morgan fingerprint density at radius 3 is 2.35 bits per heavy atom. The van der Waals surface area contributed by atoms with Crippen LogP contribution in [0.4, 0.5) is 0 Å². The minimum Gasteiger partial charge on any atom is -0.313 e. The zero-order valence-corrected chi connectivity index (χ0v) is 13.5. The number of hydrogen-bond acceptors (Lipinski definition) is 1. The topological polar surface area (TPSA) is 12.0 Å². The van der Waals surface area contributed by atoms with Gasteiger partial charge in [0.15, 0.2) is 0 Å². The van der Waals surface area contributed by atoms with E-state index in [2.05, 4.69) is 50.4 Å². The van der Waals surface area contributed by atoms with Gasteiger partial charge in [-0.2, -0.15) is 0 Å². The Labute approximate surface area is 125 Å². The van der Waals surface area contributed by atoms with Crippen molar-refractivity contribution in [2.75, 3.05) is 6.54 Å². The number of rotatable bonds is 7. The average Bonchev–Trinajstić information content (AvgIpc) is 2.90. The van der Waals surface area contributed by atoms with Crippen molar-refractivity contribution < 1.29 is 0 Å². The highest BCUT2D eigenvalue weighted by atomic mass is 14.9. The van der Waals surface area contributed by atoms with E-state index in [9.17, 15) is 0 Å². The molecule has 1 saturated carbocycles. The Morgan fingerprint density at radius 1 is 1.10 bits per heavy atom. The third-order valence-electron chi connectivity index (χ3n) is 4.85. The fourth-order valence-corrected chi connectivity index (χ4v) is 3.52. The molecule has 1 nitrogen and oxygen atoms in total. The van der Waals surface area contributed by atoms with Gasteiger partial charge >= 0.3 is 0 Å². The molecule has 112 valence electrons. The van der Waals surface area contributed by atoms with Gasteiger partial charge in [-0.05, 0) is 61.6 Å². The lowest BCUT2D eigenvalue weighted by molar-refractivity contribution is 0.348. The first kappa shape index (κ1) is 15.6. The second-order valence-electron chi connectivity index (χ2n) is 6.61. The summed E-state index contributed by atoms with van der Waals surface area (Å²) in [4.78, 5) is 0. The highest BCUT2D eigenvalue weighted by molar-refractivity contribution is 5.23. The van der Waals surface area contributed by atoms with E-state index in [0.717, 1.165) is 24.8 Å². The molecule has 3 unspecified atom stereocenters. The molecule has 1 aromatic rings. The van der Waals surface area contributed by atoms with E-state index >= 15 is 0 Å². The van der Waals surface area contributed by atoms with E-state index in [1.165, 1.54) is 43.2 Å². The summed E-state index contributed by atoms with van der Waals surface area (Å²) in [6.07, 6.45) is 7.81. The van der Waals surface area contributed by atoms with Crippen LogP contribution in [-0.2, 0) is 12.8 Å². The average molecular weight is 273 g/mol. The highest BCUT2D eigenvalue weighted by Crippen LogP contribution is 2.33. The monoisotopic (exact) mass is 273 g/mol. The van der Waals surface area contributed by atoms with Gasteiger partial charge < -0.3 is 5.32 Å². The molecule has 1 aromatic carbocycles. The van der Waals surface area contributed by atoms with E-state index in [-0.39, 0.29) is 0 Å². The molecule has 0 heterocycles. The minimum atomic E-state index is 0.673. The van der Waals surface area contributed by atoms with Crippen LogP contribution in [0.2, 0.25) is 0 Å². The molecule has 0 radical (unpaired) electrons. The van der Waals surface area contributed by atoms with Crippen molar-refractivity contribution in [1.29, 1.82) is 0 Å². The third-order valence-corrected chi connectivity index (χ3v) is 4.85. The van der Waals surface area contributed by atoms with E-state index < -0.39 is 0 Å². The zero-order chi connectivity index (χ0) is 14.4. The van der Waals surface area contributed by atoms with Crippen LogP contribution in [0.3, 0.4) is 0 Å². The van der Waals surface area contributed by atoms with Crippen molar-refractivity contribution in [1.82, 2.24) is 5.32 Å². The predicted octanol–water partition coefficient (Wildman–Crippen LogP) is 4.60. The Balaban J connectivity index is 1.98. The first-order chi connectivity index (χ1) is 9.72. The molecular weight excluding hydrogens is 242 g/mol. The molecule has 0 bridgehead atoms. The van der Waals surface area contributed by atoms with Gasteiger partial charge in [-0.25, -0.2) is 0 Å². The van der Waals surface area contributed by atoms with Gasteiger partial charge in [-0.15, -0.1) is 0 Å². The maximum atomic E-state index is 3.81. The standard InChI is InChI=1S/C19H31N/c1-4-12-20-19(18-11-6-15(3)13-18)14-17-9-7-16(5-2)8-10-17/h7-10,15,18-20H,4-6,11-14H2,1-3H3. The summed E-state index contributed by atoms with van der Waals surface area (Å²) in [5.41, 5.74) is 2.94. The second kappa shape index (κ2) is 7.83. The number of hydrogen-bond donors (Lipinski definition) is 1.